The van der Waals surface area contributed by atoms with Crippen molar-refractivity contribution in [1.29, 1.82) is 5.26 Å². The molecule has 0 saturated carbocycles. The highest BCUT2D eigenvalue weighted by atomic mass is 15.2. The number of aromatic nitrogens is 2. The minimum Gasteiger partial charge on any atom is -0.304 e. The number of likely N-dealkylation sites (tertiary alicyclic amines) is 1. The van der Waals surface area contributed by atoms with Crippen LogP contribution >= 0.6 is 0 Å². The molecule has 1 aliphatic rings. The highest BCUT2D eigenvalue weighted by molar-refractivity contribution is 5.77. The maximum Gasteiger partial charge on any atom is 0.250 e. The molecule has 26 heavy (non-hydrogen) atoms. The Bertz CT molecular complexity index is 958. The number of aromatic amines is 1. The molecular weight excluding hydrogens is 322 g/mol. The van der Waals surface area contributed by atoms with Crippen molar-refractivity contribution < 1.29 is 4.40 Å². The Morgan fingerprint density at radius 1 is 1.19 bits per heavy atom. The molecule has 1 aliphatic heterocycles. The van der Waals surface area contributed by atoms with Gasteiger partial charge in [0.25, 0.3) is 0 Å². The quantitative estimate of drug-likeness (QED) is 0.711. The minimum atomic E-state index is 0.708. The number of hydrogen-bond donors (Lipinski definition) is 2. The van der Waals surface area contributed by atoms with Crippen LogP contribution in [0, 0.1) is 18.3 Å². The van der Waals surface area contributed by atoms with Gasteiger partial charge >= 0.3 is 0 Å². The number of hydrogen-bond acceptors (Lipinski definition) is 3. The van der Waals surface area contributed by atoms with Crippen molar-refractivity contribution in [2.24, 2.45) is 0 Å². The van der Waals surface area contributed by atoms with Crippen molar-refractivity contribution in [3.63, 3.8) is 0 Å². The number of imidazole rings is 1. The molecule has 0 unspecified atom stereocenters. The Labute approximate surface area is 154 Å². The first-order chi connectivity index (χ1) is 12.8. The molecule has 0 aliphatic carbocycles. The summed E-state index contributed by atoms with van der Waals surface area (Å²) in [5.74, 6) is 1.05. The van der Waals surface area contributed by atoms with E-state index in [0.29, 0.717) is 5.56 Å². The summed E-state index contributed by atoms with van der Waals surface area (Å²) in [5.41, 5.74) is 4.71. The van der Waals surface area contributed by atoms with Gasteiger partial charge in [0.05, 0.1) is 6.54 Å². The molecule has 134 valence electrons. The lowest BCUT2D eigenvalue weighted by Gasteiger charge is -2.19. The van der Waals surface area contributed by atoms with Crippen LogP contribution < -0.4 is 9.72 Å². The van der Waals surface area contributed by atoms with Gasteiger partial charge in [-0.15, -0.1) is 0 Å². The number of benzene rings is 1. The third-order valence-corrected chi connectivity index (χ3v) is 5.39. The van der Waals surface area contributed by atoms with Crippen LogP contribution in [-0.2, 0) is 0 Å². The van der Waals surface area contributed by atoms with Crippen molar-refractivity contribution in [2.75, 3.05) is 31.5 Å². The highest BCUT2D eigenvalue weighted by Crippen LogP contribution is 2.20. The second kappa shape index (κ2) is 7.35. The molecule has 1 saturated heterocycles. The number of rotatable bonds is 4. The average Bonchev–Trinajstić information content (AvgIpc) is 2.83. The summed E-state index contributed by atoms with van der Waals surface area (Å²) < 4.78 is 2.14. The maximum absolute atomic E-state index is 9.59. The third kappa shape index (κ3) is 3.13. The Morgan fingerprint density at radius 3 is 2.73 bits per heavy atom. The summed E-state index contributed by atoms with van der Waals surface area (Å²) in [6, 6.07) is 12.6. The SMILES string of the molecule is Cc1cc(NCCN2CCCCCC2)[n+]2c([nH]c3ccccc32)c1C#N. The number of anilines is 1. The molecule has 3 heterocycles. The maximum atomic E-state index is 9.59. The van der Waals surface area contributed by atoms with E-state index in [4.69, 9.17) is 0 Å². The molecule has 0 spiro atoms. The molecule has 5 heteroatoms. The van der Waals surface area contributed by atoms with E-state index in [2.05, 4.69) is 43.9 Å². The van der Waals surface area contributed by atoms with Crippen molar-refractivity contribution >= 4 is 22.5 Å². The van der Waals surface area contributed by atoms with Crippen LogP contribution in [0.15, 0.2) is 30.3 Å². The Balaban J connectivity index is 1.65. The summed E-state index contributed by atoms with van der Waals surface area (Å²) in [4.78, 5) is 5.98. The second-order valence-corrected chi connectivity index (χ2v) is 7.21. The van der Waals surface area contributed by atoms with E-state index in [1.54, 1.807) is 0 Å². The van der Waals surface area contributed by atoms with Gasteiger partial charge in [0.15, 0.2) is 0 Å². The van der Waals surface area contributed by atoms with Gasteiger partial charge in [-0.2, -0.15) is 9.66 Å². The fourth-order valence-corrected chi connectivity index (χ4v) is 4.00. The van der Waals surface area contributed by atoms with Crippen LogP contribution in [-0.4, -0.2) is 36.1 Å². The number of fused-ring (bicyclic) bond motifs is 3. The minimum absolute atomic E-state index is 0.708. The van der Waals surface area contributed by atoms with Gasteiger partial charge in [-0.1, -0.05) is 25.0 Å². The Hall–Kier alpha value is -2.58. The van der Waals surface area contributed by atoms with Gasteiger partial charge in [-0.05, 0) is 50.6 Å². The van der Waals surface area contributed by atoms with E-state index < -0.39 is 0 Å². The topological polar surface area (TPSA) is 58.9 Å². The first kappa shape index (κ1) is 16.9. The molecule has 3 aromatic rings. The van der Waals surface area contributed by atoms with Crippen LogP contribution in [0.5, 0.6) is 0 Å². The van der Waals surface area contributed by atoms with Crippen LogP contribution in [0.25, 0.3) is 16.7 Å². The first-order valence-electron chi connectivity index (χ1n) is 9.60. The smallest absolute Gasteiger partial charge is 0.250 e. The van der Waals surface area contributed by atoms with Crippen LogP contribution in [0.1, 0.15) is 36.8 Å². The fraction of sp³-hybridized carbons (Fsp3) is 0.429. The lowest BCUT2D eigenvalue weighted by molar-refractivity contribution is -0.465. The molecule has 1 aromatic carbocycles. The van der Waals surface area contributed by atoms with Crippen molar-refractivity contribution in [3.05, 3.63) is 41.5 Å². The van der Waals surface area contributed by atoms with Gasteiger partial charge in [0, 0.05) is 12.6 Å². The lowest BCUT2D eigenvalue weighted by Crippen LogP contribution is -2.33. The third-order valence-electron chi connectivity index (χ3n) is 5.39. The van der Waals surface area contributed by atoms with Crippen LogP contribution in [0.2, 0.25) is 0 Å². The van der Waals surface area contributed by atoms with E-state index >= 15 is 0 Å². The predicted octanol–water partition coefficient (Wildman–Crippen LogP) is 3.37. The molecule has 0 amide bonds. The standard InChI is InChI=1S/C21H25N5/c1-16-14-20(23-10-13-25-11-6-2-3-7-12-25)26-19-9-5-4-8-18(19)24-21(26)17(16)15-22/h4-5,8-9,14H,2-3,6-7,10-13H2,1H3,(H,23,24)/p+1. The molecule has 0 bridgehead atoms. The van der Waals surface area contributed by atoms with E-state index in [0.717, 1.165) is 41.2 Å². The van der Waals surface area contributed by atoms with E-state index in [1.165, 1.54) is 38.8 Å². The fourth-order valence-electron chi connectivity index (χ4n) is 4.00. The first-order valence-corrected chi connectivity index (χ1v) is 9.60. The predicted molar refractivity (Wildman–Crippen MR) is 104 cm³/mol. The molecule has 0 radical (unpaired) electrons. The molecule has 2 N–H and O–H groups in total. The number of H-pyrrole nitrogens is 1. The average molecular weight is 348 g/mol. The molecular formula is C21H26N5+. The zero-order valence-corrected chi connectivity index (χ0v) is 15.4. The van der Waals surface area contributed by atoms with Gasteiger partial charge < -0.3 is 10.2 Å². The lowest BCUT2D eigenvalue weighted by atomic mass is 10.1. The summed E-state index contributed by atoms with van der Waals surface area (Å²) in [6.07, 6.45) is 5.37. The summed E-state index contributed by atoms with van der Waals surface area (Å²) in [7, 11) is 0. The number of nitriles is 1. The summed E-state index contributed by atoms with van der Waals surface area (Å²) in [5, 5.41) is 13.2. The number of pyridine rings is 1. The van der Waals surface area contributed by atoms with Crippen molar-refractivity contribution in [1.82, 2.24) is 9.88 Å². The molecule has 2 aromatic heterocycles. The Morgan fingerprint density at radius 2 is 1.96 bits per heavy atom. The van der Waals surface area contributed by atoms with Gasteiger partial charge in [0.1, 0.15) is 22.7 Å². The summed E-state index contributed by atoms with van der Waals surface area (Å²) >= 11 is 0. The number of para-hydroxylation sites is 2. The van der Waals surface area contributed by atoms with Gasteiger partial charge in [0.2, 0.25) is 11.5 Å². The van der Waals surface area contributed by atoms with Crippen LogP contribution in [0.3, 0.4) is 0 Å². The monoisotopic (exact) mass is 348 g/mol. The molecule has 1 fully saturated rings. The summed E-state index contributed by atoms with van der Waals surface area (Å²) in [6.45, 7) is 6.40. The Kier molecular flexibility index (Phi) is 4.77. The number of nitrogens with one attached hydrogen (secondary N) is 2. The molecule has 4 rings (SSSR count). The second-order valence-electron chi connectivity index (χ2n) is 7.21. The zero-order valence-electron chi connectivity index (χ0n) is 15.4. The van der Waals surface area contributed by atoms with Crippen molar-refractivity contribution in [3.8, 4) is 6.07 Å². The normalized spacial score (nSPS) is 15.8. The number of nitrogens with zero attached hydrogens (tertiary/aromatic N) is 3. The largest absolute Gasteiger partial charge is 0.304 e. The van der Waals surface area contributed by atoms with Gasteiger partial charge in [-0.3, -0.25) is 4.98 Å². The number of aryl methyl sites for hydroxylation is 1. The van der Waals surface area contributed by atoms with Gasteiger partial charge in [-0.25, -0.2) is 0 Å². The molecule has 0 atom stereocenters. The highest BCUT2D eigenvalue weighted by Gasteiger charge is 2.20. The van der Waals surface area contributed by atoms with E-state index in [-0.39, 0.29) is 0 Å². The molecule has 5 nitrogen and oxygen atoms in total. The van der Waals surface area contributed by atoms with Crippen LogP contribution in [0.4, 0.5) is 5.82 Å². The zero-order chi connectivity index (χ0) is 17.9. The van der Waals surface area contributed by atoms with E-state index in [9.17, 15) is 5.26 Å². The van der Waals surface area contributed by atoms with E-state index in [1.807, 2.05) is 19.1 Å². The van der Waals surface area contributed by atoms with Crippen molar-refractivity contribution in [2.45, 2.75) is 32.6 Å².